The van der Waals surface area contributed by atoms with Crippen molar-refractivity contribution in [2.24, 2.45) is 0 Å². The van der Waals surface area contributed by atoms with Gasteiger partial charge < -0.3 is 9.13 Å². The number of benzene rings is 8. The van der Waals surface area contributed by atoms with Crippen LogP contribution in [0, 0.1) is 0 Å². The molecule has 0 bridgehead atoms. The molecule has 258 valence electrons. The van der Waals surface area contributed by atoms with Gasteiger partial charge in [0, 0.05) is 56.7 Å². The standard InChI is InChI=1S/C52H40N2/c1-3-53-49-21-13-11-19-45(49)47-33-37(23-25-51(47)53)41-30-42(38-24-26-52-48(34-38)46-20-12-14-22-50(46)54(52)4-2)32-44(31-41)43-28-39(35-15-7-5-8-16-35)27-40(29-43)36-17-9-6-10-18-36/h5-34H,3-4H2,1-2H3. The van der Waals surface area contributed by atoms with Crippen molar-refractivity contribution < 1.29 is 0 Å². The Bertz CT molecular complexity index is 2800. The number of rotatable bonds is 7. The van der Waals surface area contributed by atoms with Gasteiger partial charge in [-0.15, -0.1) is 0 Å². The molecule has 0 saturated carbocycles. The van der Waals surface area contributed by atoms with Crippen molar-refractivity contribution in [1.82, 2.24) is 9.13 Å². The van der Waals surface area contributed by atoms with Gasteiger partial charge in [0.15, 0.2) is 0 Å². The number of nitrogens with zero attached hydrogens (tertiary/aromatic N) is 2. The molecule has 2 nitrogen and oxygen atoms in total. The van der Waals surface area contributed by atoms with Gasteiger partial charge >= 0.3 is 0 Å². The van der Waals surface area contributed by atoms with Crippen LogP contribution in [0.3, 0.4) is 0 Å². The van der Waals surface area contributed by atoms with E-state index in [2.05, 4.69) is 205 Å². The smallest absolute Gasteiger partial charge is 0.0491 e. The van der Waals surface area contributed by atoms with Crippen molar-refractivity contribution in [3.05, 3.63) is 182 Å². The van der Waals surface area contributed by atoms with E-state index in [0.717, 1.165) is 13.1 Å². The third-order valence-corrected chi connectivity index (χ3v) is 11.3. The fourth-order valence-corrected chi connectivity index (χ4v) is 8.66. The predicted octanol–water partition coefficient (Wildman–Crippen LogP) is 14.3. The second-order valence-corrected chi connectivity index (χ2v) is 14.3. The molecule has 0 atom stereocenters. The van der Waals surface area contributed by atoms with Crippen molar-refractivity contribution in [3.63, 3.8) is 0 Å². The van der Waals surface area contributed by atoms with Crippen LogP contribution in [-0.4, -0.2) is 9.13 Å². The zero-order valence-electron chi connectivity index (χ0n) is 30.6. The quantitative estimate of drug-likeness (QED) is 0.157. The van der Waals surface area contributed by atoms with Gasteiger partial charge in [-0.2, -0.15) is 0 Å². The fraction of sp³-hybridized carbons (Fsp3) is 0.0769. The molecule has 0 fully saturated rings. The van der Waals surface area contributed by atoms with Gasteiger partial charge in [0.1, 0.15) is 0 Å². The van der Waals surface area contributed by atoms with E-state index < -0.39 is 0 Å². The molecular weight excluding hydrogens is 653 g/mol. The monoisotopic (exact) mass is 692 g/mol. The molecule has 0 aliphatic heterocycles. The summed E-state index contributed by atoms with van der Waals surface area (Å²) in [5.41, 5.74) is 17.2. The van der Waals surface area contributed by atoms with E-state index in [0.29, 0.717) is 0 Å². The predicted molar refractivity (Wildman–Crippen MR) is 231 cm³/mol. The zero-order chi connectivity index (χ0) is 36.2. The highest BCUT2D eigenvalue weighted by Crippen LogP contribution is 2.40. The number of hydrogen-bond acceptors (Lipinski definition) is 0. The Hall–Kier alpha value is -6.64. The first kappa shape index (κ1) is 32.0. The summed E-state index contributed by atoms with van der Waals surface area (Å²) in [6.45, 7) is 6.33. The van der Waals surface area contributed by atoms with Crippen LogP contribution in [-0.2, 0) is 13.1 Å². The minimum absolute atomic E-state index is 0.932. The van der Waals surface area contributed by atoms with E-state index >= 15 is 0 Å². The lowest BCUT2D eigenvalue weighted by Gasteiger charge is -2.15. The van der Waals surface area contributed by atoms with Gasteiger partial charge in [0.25, 0.3) is 0 Å². The van der Waals surface area contributed by atoms with Crippen molar-refractivity contribution in [2.75, 3.05) is 0 Å². The second kappa shape index (κ2) is 13.1. The minimum Gasteiger partial charge on any atom is -0.341 e. The highest BCUT2D eigenvalue weighted by molar-refractivity contribution is 6.10. The van der Waals surface area contributed by atoms with Crippen LogP contribution >= 0.6 is 0 Å². The Kier molecular flexibility index (Phi) is 7.77. The van der Waals surface area contributed by atoms with Crippen LogP contribution in [0.2, 0.25) is 0 Å². The molecule has 10 aromatic rings. The summed E-state index contributed by atoms with van der Waals surface area (Å²) < 4.78 is 4.86. The van der Waals surface area contributed by atoms with Crippen LogP contribution in [0.5, 0.6) is 0 Å². The highest BCUT2D eigenvalue weighted by atomic mass is 15.0. The maximum absolute atomic E-state index is 2.43. The second-order valence-electron chi connectivity index (χ2n) is 14.3. The average molecular weight is 693 g/mol. The normalized spacial score (nSPS) is 11.7. The summed E-state index contributed by atoms with van der Waals surface area (Å²) >= 11 is 0. The van der Waals surface area contributed by atoms with Crippen molar-refractivity contribution >= 4 is 43.6 Å². The molecule has 0 saturated heterocycles. The number of hydrogen-bond donors (Lipinski definition) is 0. The van der Waals surface area contributed by atoms with Gasteiger partial charge in [-0.05, 0) is 142 Å². The third-order valence-electron chi connectivity index (χ3n) is 11.3. The first-order valence-electron chi connectivity index (χ1n) is 19.1. The molecule has 54 heavy (non-hydrogen) atoms. The topological polar surface area (TPSA) is 9.86 Å². The van der Waals surface area contributed by atoms with Crippen molar-refractivity contribution in [1.29, 1.82) is 0 Å². The van der Waals surface area contributed by atoms with E-state index in [1.807, 2.05) is 0 Å². The summed E-state index contributed by atoms with van der Waals surface area (Å²) in [5.74, 6) is 0. The van der Waals surface area contributed by atoms with E-state index in [4.69, 9.17) is 0 Å². The van der Waals surface area contributed by atoms with Crippen molar-refractivity contribution in [2.45, 2.75) is 26.9 Å². The Morgan fingerprint density at radius 1 is 0.259 bits per heavy atom. The van der Waals surface area contributed by atoms with E-state index in [1.165, 1.54) is 99.2 Å². The van der Waals surface area contributed by atoms with Gasteiger partial charge in [0.2, 0.25) is 0 Å². The minimum atomic E-state index is 0.932. The molecule has 0 aliphatic rings. The first-order chi connectivity index (χ1) is 26.7. The number of aryl methyl sites for hydroxylation is 2. The van der Waals surface area contributed by atoms with Gasteiger partial charge in [0.05, 0.1) is 0 Å². The fourth-order valence-electron chi connectivity index (χ4n) is 8.66. The van der Waals surface area contributed by atoms with Gasteiger partial charge in [-0.1, -0.05) is 109 Å². The molecule has 0 amide bonds. The molecule has 0 N–H and O–H groups in total. The lowest BCUT2D eigenvalue weighted by Crippen LogP contribution is -1.93. The van der Waals surface area contributed by atoms with Crippen LogP contribution in [0.4, 0.5) is 0 Å². The molecule has 10 rings (SSSR count). The van der Waals surface area contributed by atoms with E-state index in [-0.39, 0.29) is 0 Å². The summed E-state index contributed by atoms with van der Waals surface area (Å²) in [6, 6.07) is 67.4. The molecular formula is C52H40N2. The highest BCUT2D eigenvalue weighted by Gasteiger charge is 2.16. The Morgan fingerprint density at radius 3 is 0.963 bits per heavy atom. The molecule has 0 aliphatic carbocycles. The summed E-state index contributed by atoms with van der Waals surface area (Å²) in [4.78, 5) is 0. The van der Waals surface area contributed by atoms with Gasteiger partial charge in [-0.25, -0.2) is 0 Å². The summed E-state index contributed by atoms with van der Waals surface area (Å²) in [7, 11) is 0. The average Bonchev–Trinajstić information content (AvgIpc) is 3.75. The largest absolute Gasteiger partial charge is 0.341 e. The number of aromatic nitrogens is 2. The van der Waals surface area contributed by atoms with E-state index in [9.17, 15) is 0 Å². The molecule has 2 aromatic heterocycles. The molecule has 8 aromatic carbocycles. The summed E-state index contributed by atoms with van der Waals surface area (Å²) in [6.07, 6.45) is 0. The van der Waals surface area contributed by atoms with Crippen LogP contribution in [0.15, 0.2) is 182 Å². The maximum atomic E-state index is 2.43. The van der Waals surface area contributed by atoms with Crippen LogP contribution < -0.4 is 0 Å². The van der Waals surface area contributed by atoms with Crippen LogP contribution in [0.25, 0.3) is 99.2 Å². The number of para-hydroxylation sites is 2. The molecule has 2 heteroatoms. The SMILES string of the molecule is CCn1c2ccccc2c2cc(-c3cc(-c4cc(-c5ccccc5)cc(-c5ccccc5)c4)cc(-c4ccc5c(c4)c4ccccc4n5CC)c3)ccc21. The van der Waals surface area contributed by atoms with Crippen LogP contribution in [0.1, 0.15) is 13.8 Å². The number of fused-ring (bicyclic) bond motifs is 6. The Morgan fingerprint density at radius 2 is 0.574 bits per heavy atom. The summed E-state index contributed by atoms with van der Waals surface area (Å²) in [5, 5.41) is 5.19. The Balaban J connectivity index is 1.22. The van der Waals surface area contributed by atoms with Gasteiger partial charge in [-0.3, -0.25) is 0 Å². The molecule has 0 unspecified atom stereocenters. The Labute approximate surface area is 316 Å². The molecule has 0 spiro atoms. The maximum Gasteiger partial charge on any atom is 0.0491 e. The van der Waals surface area contributed by atoms with E-state index in [1.54, 1.807) is 0 Å². The van der Waals surface area contributed by atoms with Crippen molar-refractivity contribution in [3.8, 4) is 55.6 Å². The lowest BCUT2D eigenvalue weighted by molar-refractivity contribution is 0.827. The third kappa shape index (κ3) is 5.33. The lowest BCUT2D eigenvalue weighted by atomic mass is 9.89. The zero-order valence-corrected chi connectivity index (χ0v) is 30.6. The first-order valence-corrected chi connectivity index (χ1v) is 19.1. The molecule has 2 heterocycles. The molecule has 0 radical (unpaired) electrons.